The number of aliphatic hydroxyl groups is 7. The number of carbonyl (C=O) groups is 2. The molecular formula is C36H56O11. The van der Waals surface area contributed by atoms with E-state index < -0.39 is 88.7 Å². The van der Waals surface area contributed by atoms with Gasteiger partial charge in [0.1, 0.15) is 30.7 Å². The van der Waals surface area contributed by atoms with E-state index in [2.05, 4.69) is 26.8 Å². The third-order valence-corrected chi connectivity index (χ3v) is 15.5. The minimum atomic E-state index is -1.73. The van der Waals surface area contributed by atoms with E-state index in [1.165, 1.54) is 0 Å². The van der Waals surface area contributed by atoms with Crippen LogP contribution in [0.15, 0.2) is 11.6 Å². The van der Waals surface area contributed by atoms with Crippen LogP contribution in [-0.4, -0.2) is 103 Å². The predicted octanol–water partition coefficient (Wildman–Crippen LogP) is 1.61. The van der Waals surface area contributed by atoms with Crippen molar-refractivity contribution in [1.29, 1.82) is 0 Å². The van der Waals surface area contributed by atoms with Gasteiger partial charge >= 0.3 is 5.97 Å². The van der Waals surface area contributed by atoms with Gasteiger partial charge in [-0.2, -0.15) is 0 Å². The van der Waals surface area contributed by atoms with Crippen molar-refractivity contribution in [3.8, 4) is 0 Å². The summed E-state index contributed by atoms with van der Waals surface area (Å²) in [6, 6.07) is 0. The molecule has 0 aromatic carbocycles. The Balaban J connectivity index is 1.40. The molecular weight excluding hydrogens is 608 g/mol. The average Bonchev–Trinajstić information content (AvgIpc) is 3.02. The van der Waals surface area contributed by atoms with Gasteiger partial charge in [-0.1, -0.05) is 46.3 Å². The summed E-state index contributed by atoms with van der Waals surface area (Å²) in [7, 11) is 0. The van der Waals surface area contributed by atoms with Crippen LogP contribution in [0.3, 0.4) is 0 Å². The molecule has 11 nitrogen and oxygen atoms in total. The maximum Gasteiger partial charge on any atom is 0.315 e. The van der Waals surface area contributed by atoms with Crippen molar-refractivity contribution < 1.29 is 54.8 Å². The number of ether oxygens (including phenoxy) is 2. The molecule has 0 amide bonds. The second-order valence-corrected chi connectivity index (χ2v) is 17.4. The van der Waals surface area contributed by atoms with Crippen molar-refractivity contribution in [1.82, 2.24) is 0 Å². The summed E-state index contributed by atoms with van der Waals surface area (Å²) in [5, 5.41) is 75.5. The van der Waals surface area contributed by atoms with Crippen LogP contribution >= 0.6 is 0 Å². The Labute approximate surface area is 277 Å². The number of hydrogen-bond acceptors (Lipinski definition) is 11. The number of esters is 1. The molecule has 17 atom stereocenters. The quantitative estimate of drug-likeness (QED) is 0.131. The molecule has 0 bridgehead atoms. The molecule has 5 aliphatic carbocycles. The Morgan fingerprint density at radius 2 is 1.64 bits per heavy atom. The molecule has 0 radical (unpaired) electrons. The zero-order valence-corrected chi connectivity index (χ0v) is 28.6. The first-order valence-electron chi connectivity index (χ1n) is 17.6. The molecule has 17 unspecified atom stereocenters. The van der Waals surface area contributed by atoms with Gasteiger partial charge < -0.3 is 50.0 Å². The topological polar surface area (TPSA) is 194 Å². The highest BCUT2D eigenvalue weighted by Gasteiger charge is 2.72. The molecule has 1 heterocycles. The van der Waals surface area contributed by atoms with Crippen LogP contribution in [0.1, 0.15) is 92.9 Å². The van der Waals surface area contributed by atoms with Crippen molar-refractivity contribution in [2.24, 2.45) is 50.7 Å². The van der Waals surface area contributed by atoms with E-state index in [-0.39, 0.29) is 23.2 Å². The molecule has 6 rings (SSSR count). The largest absolute Gasteiger partial charge is 0.432 e. The Bertz CT molecular complexity index is 1300. The Morgan fingerprint density at radius 3 is 2.28 bits per heavy atom. The van der Waals surface area contributed by atoms with Crippen molar-refractivity contribution in [2.45, 2.75) is 141 Å². The minimum absolute atomic E-state index is 0.0726. The lowest BCUT2D eigenvalue weighted by Crippen LogP contribution is -2.69. The molecule has 0 spiro atoms. The highest BCUT2D eigenvalue weighted by atomic mass is 16.7. The monoisotopic (exact) mass is 664 g/mol. The third-order valence-electron chi connectivity index (χ3n) is 15.5. The van der Waals surface area contributed by atoms with Gasteiger partial charge in [-0.05, 0) is 92.3 Å². The number of carbonyl (C=O) groups excluding carboxylic acids is 2. The Morgan fingerprint density at radius 1 is 0.957 bits per heavy atom. The Kier molecular flexibility index (Phi) is 8.50. The smallest absolute Gasteiger partial charge is 0.315 e. The van der Waals surface area contributed by atoms with Crippen LogP contribution in [-0.2, 0) is 19.1 Å². The van der Waals surface area contributed by atoms with E-state index in [9.17, 15) is 45.3 Å². The standard InChI is InChI=1S/C36H56O11/c1-18-9-12-36(30(44)47-29-26(42)25(41)24(40)21(16-37)46-29)14-13-33(4)19(27(36)35(18,6)45)7-8-23-31(2)15-20(39)28(43)32(3,17-38)22(31)10-11-34(23,33)5/h7,17-18,20-29,37,39-43,45H,8-16H2,1-6H3. The third kappa shape index (κ3) is 4.52. The van der Waals surface area contributed by atoms with Gasteiger partial charge in [0.25, 0.3) is 0 Å². The molecule has 6 aliphatic rings. The maximum absolute atomic E-state index is 14.5. The predicted molar refractivity (Wildman–Crippen MR) is 168 cm³/mol. The van der Waals surface area contributed by atoms with E-state index in [1.54, 1.807) is 13.8 Å². The maximum atomic E-state index is 14.5. The summed E-state index contributed by atoms with van der Waals surface area (Å²) in [6.07, 6.45) is -2.41. The molecule has 4 saturated carbocycles. The summed E-state index contributed by atoms with van der Waals surface area (Å²) >= 11 is 0. The van der Waals surface area contributed by atoms with Crippen molar-refractivity contribution in [3.05, 3.63) is 11.6 Å². The summed E-state index contributed by atoms with van der Waals surface area (Å²) < 4.78 is 11.4. The zero-order valence-electron chi connectivity index (χ0n) is 28.6. The molecule has 1 saturated heterocycles. The number of allylic oxidation sites excluding steroid dienone is 1. The number of hydrogen-bond donors (Lipinski definition) is 7. The number of fused-ring (bicyclic) bond motifs is 7. The van der Waals surface area contributed by atoms with Crippen LogP contribution in [0.4, 0.5) is 0 Å². The van der Waals surface area contributed by atoms with Crippen molar-refractivity contribution >= 4 is 12.3 Å². The van der Waals surface area contributed by atoms with Gasteiger partial charge in [-0.25, -0.2) is 0 Å². The van der Waals surface area contributed by atoms with Crippen molar-refractivity contribution in [3.63, 3.8) is 0 Å². The van der Waals surface area contributed by atoms with Crippen LogP contribution < -0.4 is 0 Å². The number of rotatable bonds is 4. The summed E-state index contributed by atoms with van der Waals surface area (Å²) in [5.41, 5.74) is -3.68. The first-order valence-corrected chi connectivity index (χ1v) is 17.6. The van der Waals surface area contributed by atoms with Crippen molar-refractivity contribution in [2.75, 3.05) is 6.61 Å². The zero-order chi connectivity index (χ0) is 34.7. The van der Waals surface area contributed by atoms with Crippen LogP contribution in [0.25, 0.3) is 0 Å². The fraction of sp³-hybridized carbons (Fsp3) is 0.889. The van der Waals surface area contributed by atoms with Crippen LogP contribution in [0, 0.1) is 50.7 Å². The SMILES string of the molecule is CC1CCC2(C(=O)OC3OC(CO)C(O)C(O)C3O)CCC3(C)C(=CCC4C5(C)CC(O)C(O)C(C)(C=O)C5CCC43C)C2C1(C)O. The summed E-state index contributed by atoms with van der Waals surface area (Å²) in [4.78, 5) is 27.0. The lowest BCUT2D eigenvalue weighted by atomic mass is 9.33. The first-order chi connectivity index (χ1) is 21.8. The van der Waals surface area contributed by atoms with E-state index >= 15 is 0 Å². The fourth-order valence-corrected chi connectivity index (χ4v) is 12.2. The lowest BCUT2D eigenvalue weighted by Gasteiger charge is -2.71. The molecule has 7 N–H and O–H groups in total. The van der Waals surface area contributed by atoms with E-state index in [0.717, 1.165) is 18.3 Å². The molecule has 0 aromatic heterocycles. The second-order valence-electron chi connectivity index (χ2n) is 17.4. The summed E-state index contributed by atoms with van der Waals surface area (Å²) in [6.45, 7) is 11.6. The van der Waals surface area contributed by atoms with Gasteiger partial charge in [0, 0.05) is 5.92 Å². The van der Waals surface area contributed by atoms with Crippen LogP contribution in [0.2, 0.25) is 0 Å². The van der Waals surface area contributed by atoms with Gasteiger partial charge in [0.2, 0.25) is 6.29 Å². The van der Waals surface area contributed by atoms with E-state index in [0.29, 0.717) is 44.9 Å². The van der Waals surface area contributed by atoms with Gasteiger partial charge in [-0.15, -0.1) is 0 Å². The lowest BCUT2D eigenvalue weighted by molar-refractivity contribution is -0.299. The second kappa shape index (κ2) is 11.3. The molecule has 11 heteroatoms. The highest BCUT2D eigenvalue weighted by molar-refractivity contribution is 5.79. The van der Waals surface area contributed by atoms with Gasteiger partial charge in [-0.3, -0.25) is 4.79 Å². The number of aldehydes is 1. The van der Waals surface area contributed by atoms with E-state index in [1.807, 2.05) is 6.92 Å². The molecule has 5 fully saturated rings. The normalized spacial score (nSPS) is 57.4. The average molecular weight is 665 g/mol. The minimum Gasteiger partial charge on any atom is -0.432 e. The van der Waals surface area contributed by atoms with Gasteiger partial charge in [0.15, 0.2) is 0 Å². The summed E-state index contributed by atoms with van der Waals surface area (Å²) in [5.74, 6) is -1.43. The molecule has 47 heavy (non-hydrogen) atoms. The fourth-order valence-electron chi connectivity index (χ4n) is 12.2. The van der Waals surface area contributed by atoms with Crippen LogP contribution in [0.5, 0.6) is 0 Å². The van der Waals surface area contributed by atoms with Gasteiger partial charge in [0.05, 0.1) is 35.2 Å². The molecule has 0 aromatic rings. The first kappa shape index (κ1) is 35.4. The van der Waals surface area contributed by atoms with E-state index in [4.69, 9.17) is 9.47 Å². The molecule has 266 valence electrons. The highest BCUT2D eigenvalue weighted by Crippen LogP contribution is 2.76. The molecule has 1 aliphatic heterocycles. The number of aliphatic hydroxyl groups excluding tert-OH is 6. The Hall–Kier alpha value is -1.44.